The van der Waals surface area contributed by atoms with E-state index < -0.39 is 10.7 Å². The van der Waals surface area contributed by atoms with Crippen LogP contribution in [-0.4, -0.2) is 11.5 Å². The maximum atomic E-state index is 13.4. The monoisotopic (exact) mass is 308 g/mol. The highest BCUT2D eigenvalue weighted by atomic mass is 35.5. The number of nitrogens with zero attached hydrogens (tertiary/aromatic N) is 1. The van der Waals surface area contributed by atoms with E-state index >= 15 is 0 Å². The van der Waals surface area contributed by atoms with Crippen LogP contribution in [0.2, 0.25) is 5.02 Å². The third-order valence-corrected chi connectivity index (χ3v) is 3.37. The minimum absolute atomic E-state index is 0.255. The van der Waals surface area contributed by atoms with E-state index in [0.717, 1.165) is 11.6 Å². The first-order chi connectivity index (χ1) is 9.97. The summed E-state index contributed by atoms with van der Waals surface area (Å²) in [6, 6.07) is 9.78. The number of hydrogen-bond donors (Lipinski definition) is 1. The molecule has 0 radical (unpaired) electrons. The molecule has 110 valence electrons. The van der Waals surface area contributed by atoms with E-state index in [-0.39, 0.29) is 5.69 Å². The van der Waals surface area contributed by atoms with Crippen molar-refractivity contribution in [2.45, 2.75) is 13.3 Å². The maximum absolute atomic E-state index is 13.4. The second-order valence-electron chi connectivity index (χ2n) is 4.68. The van der Waals surface area contributed by atoms with E-state index in [0.29, 0.717) is 29.2 Å². The zero-order chi connectivity index (χ0) is 15.4. The molecule has 0 saturated heterocycles. The summed E-state index contributed by atoms with van der Waals surface area (Å²) in [5.41, 5.74) is 1.50. The zero-order valence-corrected chi connectivity index (χ0v) is 12.2. The van der Waals surface area contributed by atoms with E-state index in [4.69, 9.17) is 11.6 Å². The fourth-order valence-electron chi connectivity index (χ4n) is 1.96. The van der Waals surface area contributed by atoms with Gasteiger partial charge in [-0.25, -0.2) is 4.39 Å². The van der Waals surface area contributed by atoms with Crippen LogP contribution in [-0.2, 0) is 6.42 Å². The van der Waals surface area contributed by atoms with Crippen molar-refractivity contribution in [2.75, 3.05) is 11.9 Å². The van der Waals surface area contributed by atoms with E-state index in [1.165, 1.54) is 6.07 Å². The van der Waals surface area contributed by atoms with Gasteiger partial charge in [0.1, 0.15) is 11.5 Å². The minimum atomic E-state index is -0.590. The third-order valence-electron chi connectivity index (χ3n) is 3.12. The molecule has 0 heterocycles. The molecule has 0 amide bonds. The molecule has 0 spiro atoms. The molecule has 0 fully saturated rings. The molecule has 2 aromatic rings. The summed E-state index contributed by atoms with van der Waals surface area (Å²) in [7, 11) is 0. The number of anilines is 1. The molecule has 0 aliphatic heterocycles. The van der Waals surface area contributed by atoms with Gasteiger partial charge in [-0.15, -0.1) is 0 Å². The van der Waals surface area contributed by atoms with Crippen LogP contribution in [0.3, 0.4) is 0 Å². The number of aryl methyl sites for hydroxylation is 1. The molecule has 0 atom stereocenters. The molecule has 0 saturated carbocycles. The standard InChI is InChI=1S/C15H14ClFN2O2/c1-10-8-14(15(19(20)21)9-13(10)17)18-7-6-11-2-4-12(16)5-3-11/h2-5,8-9,18H,6-7H2,1H3. The van der Waals surface area contributed by atoms with Crippen molar-refractivity contribution in [3.63, 3.8) is 0 Å². The number of benzene rings is 2. The van der Waals surface area contributed by atoms with E-state index in [1.54, 1.807) is 19.1 Å². The molecule has 2 rings (SSSR count). The Morgan fingerprint density at radius 2 is 1.95 bits per heavy atom. The van der Waals surface area contributed by atoms with Crippen LogP contribution in [0.1, 0.15) is 11.1 Å². The number of halogens is 2. The smallest absolute Gasteiger partial charge is 0.295 e. The lowest BCUT2D eigenvalue weighted by molar-refractivity contribution is -0.384. The molecule has 6 heteroatoms. The Hall–Kier alpha value is -2.14. The predicted octanol–water partition coefficient (Wildman–Crippen LogP) is 4.35. The number of nitro benzene ring substituents is 1. The third kappa shape index (κ3) is 3.92. The summed E-state index contributed by atoms with van der Waals surface area (Å²) in [4.78, 5) is 10.3. The van der Waals surface area contributed by atoms with Crippen LogP contribution >= 0.6 is 11.6 Å². The van der Waals surface area contributed by atoms with Gasteiger partial charge in [-0.1, -0.05) is 23.7 Å². The summed E-state index contributed by atoms with van der Waals surface area (Å²) in [6.07, 6.45) is 0.685. The summed E-state index contributed by atoms with van der Waals surface area (Å²) in [5, 5.41) is 14.6. The molecule has 0 aromatic heterocycles. The average molecular weight is 309 g/mol. The van der Waals surface area contributed by atoms with Crippen LogP contribution in [0.25, 0.3) is 0 Å². The van der Waals surface area contributed by atoms with Gasteiger partial charge in [-0.2, -0.15) is 0 Å². The molecule has 0 aliphatic carbocycles. The van der Waals surface area contributed by atoms with Gasteiger partial charge in [0, 0.05) is 11.6 Å². The molecule has 0 aliphatic rings. The number of nitrogens with one attached hydrogen (secondary N) is 1. The van der Waals surface area contributed by atoms with E-state index in [1.807, 2.05) is 12.1 Å². The van der Waals surface area contributed by atoms with Crippen LogP contribution < -0.4 is 5.32 Å². The Morgan fingerprint density at radius 3 is 2.57 bits per heavy atom. The van der Waals surface area contributed by atoms with Crippen molar-refractivity contribution in [1.82, 2.24) is 0 Å². The Morgan fingerprint density at radius 1 is 1.29 bits per heavy atom. The Bertz CT molecular complexity index is 659. The Kier molecular flexibility index (Phi) is 4.75. The first-order valence-electron chi connectivity index (χ1n) is 6.40. The van der Waals surface area contributed by atoms with Gasteiger partial charge in [-0.3, -0.25) is 10.1 Å². The van der Waals surface area contributed by atoms with Gasteiger partial charge in [0.25, 0.3) is 5.69 Å². The largest absolute Gasteiger partial charge is 0.379 e. The quantitative estimate of drug-likeness (QED) is 0.660. The number of nitro groups is 1. The highest BCUT2D eigenvalue weighted by Gasteiger charge is 2.16. The highest BCUT2D eigenvalue weighted by Crippen LogP contribution is 2.27. The topological polar surface area (TPSA) is 55.2 Å². The first kappa shape index (κ1) is 15.3. The maximum Gasteiger partial charge on any atom is 0.295 e. The van der Waals surface area contributed by atoms with Gasteiger partial charge in [-0.05, 0) is 42.7 Å². The Balaban J connectivity index is 2.07. The summed E-state index contributed by atoms with van der Waals surface area (Å²) < 4.78 is 13.4. The van der Waals surface area contributed by atoms with Gasteiger partial charge in [0.05, 0.1) is 11.0 Å². The first-order valence-corrected chi connectivity index (χ1v) is 6.78. The van der Waals surface area contributed by atoms with Crippen LogP contribution in [0.5, 0.6) is 0 Å². The van der Waals surface area contributed by atoms with Crippen molar-refractivity contribution in [3.05, 3.63) is 68.5 Å². The SMILES string of the molecule is Cc1cc(NCCc2ccc(Cl)cc2)c([N+](=O)[O-])cc1F. The second-order valence-corrected chi connectivity index (χ2v) is 5.12. The van der Waals surface area contributed by atoms with Gasteiger partial charge >= 0.3 is 0 Å². The lowest BCUT2D eigenvalue weighted by Crippen LogP contribution is -2.07. The van der Waals surface area contributed by atoms with Crippen molar-refractivity contribution in [2.24, 2.45) is 0 Å². The minimum Gasteiger partial charge on any atom is -0.379 e. The molecule has 0 unspecified atom stereocenters. The van der Waals surface area contributed by atoms with Gasteiger partial charge < -0.3 is 5.32 Å². The second kappa shape index (κ2) is 6.54. The van der Waals surface area contributed by atoms with Crippen molar-refractivity contribution < 1.29 is 9.31 Å². The van der Waals surface area contributed by atoms with E-state index in [9.17, 15) is 14.5 Å². The van der Waals surface area contributed by atoms with Crippen LogP contribution in [0.15, 0.2) is 36.4 Å². The predicted molar refractivity (Wildman–Crippen MR) is 81.4 cm³/mol. The van der Waals surface area contributed by atoms with Crippen LogP contribution in [0.4, 0.5) is 15.8 Å². The molecular weight excluding hydrogens is 295 g/mol. The summed E-state index contributed by atoms with van der Waals surface area (Å²) >= 11 is 5.80. The lowest BCUT2D eigenvalue weighted by atomic mass is 10.1. The number of hydrogen-bond acceptors (Lipinski definition) is 3. The number of rotatable bonds is 5. The molecule has 21 heavy (non-hydrogen) atoms. The Labute approximate surface area is 126 Å². The molecule has 2 aromatic carbocycles. The summed E-state index contributed by atoms with van der Waals surface area (Å²) in [5.74, 6) is -0.579. The zero-order valence-electron chi connectivity index (χ0n) is 11.4. The lowest BCUT2D eigenvalue weighted by Gasteiger charge is -2.09. The highest BCUT2D eigenvalue weighted by molar-refractivity contribution is 6.30. The fraction of sp³-hybridized carbons (Fsp3) is 0.200. The van der Waals surface area contributed by atoms with Gasteiger partial charge in [0.2, 0.25) is 0 Å². The van der Waals surface area contributed by atoms with Crippen molar-refractivity contribution in [1.29, 1.82) is 0 Å². The molecule has 4 nitrogen and oxygen atoms in total. The van der Waals surface area contributed by atoms with Crippen LogP contribution in [0, 0.1) is 22.9 Å². The van der Waals surface area contributed by atoms with Gasteiger partial charge in [0.15, 0.2) is 0 Å². The average Bonchev–Trinajstić information content (AvgIpc) is 2.44. The fourth-order valence-corrected chi connectivity index (χ4v) is 2.08. The van der Waals surface area contributed by atoms with E-state index in [2.05, 4.69) is 5.32 Å². The van der Waals surface area contributed by atoms with Crippen molar-refractivity contribution in [3.8, 4) is 0 Å². The molecule has 1 N–H and O–H groups in total. The summed E-state index contributed by atoms with van der Waals surface area (Å²) in [6.45, 7) is 2.08. The van der Waals surface area contributed by atoms with Crippen molar-refractivity contribution >= 4 is 23.0 Å². The normalized spacial score (nSPS) is 10.4. The molecular formula is C15H14ClFN2O2. The molecule has 0 bridgehead atoms.